The summed E-state index contributed by atoms with van der Waals surface area (Å²) in [6.45, 7) is 1.95. The zero-order chi connectivity index (χ0) is 14.0. The highest BCUT2D eigenvalue weighted by atomic mass is 16.5. The van der Waals surface area contributed by atoms with E-state index in [2.05, 4.69) is 4.98 Å². The van der Waals surface area contributed by atoms with Crippen LogP contribution in [0.2, 0.25) is 0 Å². The van der Waals surface area contributed by atoms with Crippen molar-refractivity contribution in [3.8, 4) is 5.75 Å². The number of rotatable bonds is 3. The lowest BCUT2D eigenvalue weighted by molar-refractivity contribution is 0.408. The van der Waals surface area contributed by atoms with Crippen molar-refractivity contribution in [2.24, 2.45) is 0 Å². The van der Waals surface area contributed by atoms with Crippen molar-refractivity contribution in [2.45, 2.75) is 13.5 Å². The van der Waals surface area contributed by atoms with Crippen LogP contribution in [-0.2, 0) is 6.54 Å². The smallest absolute Gasteiger partial charge is 0.328 e. The molecule has 3 N–H and O–H groups in total. The molecule has 0 bridgehead atoms. The summed E-state index contributed by atoms with van der Waals surface area (Å²) >= 11 is 0. The molecule has 0 aliphatic rings. The van der Waals surface area contributed by atoms with Gasteiger partial charge >= 0.3 is 5.69 Å². The molecule has 6 heteroatoms. The molecule has 100 valence electrons. The molecule has 2 rings (SSSR count). The molecule has 0 unspecified atom stereocenters. The van der Waals surface area contributed by atoms with E-state index in [-0.39, 0.29) is 5.56 Å². The van der Waals surface area contributed by atoms with Crippen molar-refractivity contribution in [3.63, 3.8) is 0 Å². The predicted octanol–water partition coefficient (Wildman–Crippen LogP) is 0.484. The van der Waals surface area contributed by atoms with Gasteiger partial charge in [0.15, 0.2) is 0 Å². The van der Waals surface area contributed by atoms with E-state index in [1.54, 1.807) is 32.2 Å². The third-order valence-electron chi connectivity index (χ3n) is 2.84. The lowest BCUT2D eigenvalue weighted by Crippen LogP contribution is -2.31. The number of hydrogen-bond acceptors (Lipinski definition) is 4. The first-order chi connectivity index (χ1) is 9.01. The zero-order valence-electron chi connectivity index (χ0n) is 10.8. The number of nitrogens with one attached hydrogen (secondary N) is 1. The molecule has 0 saturated carbocycles. The molecule has 0 saturated heterocycles. The van der Waals surface area contributed by atoms with Crippen LogP contribution in [0.15, 0.2) is 34.0 Å². The van der Waals surface area contributed by atoms with E-state index in [4.69, 9.17) is 10.5 Å². The fraction of sp³-hybridized carbons (Fsp3) is 0.231. The summed E-state index contributed by atoms with van der Waals surface area (Å²) in [5.41, 5.74) is 6.73. The number of benzene rings is 1. The molecule has 0 fully saturated rings. The second kappa shape index (κ2) is 5.01. The summed E-state index contributed by atoms with van der Waals surface area (Å²) in [5, 5.41) is 0. The first-order valence-electron chi connectivity index (χ1n) is 5.74. The van der Waals surface area contributed by atoms with E-state index >= 15 is 0 Å². The molecule has 0 spiro atoms. The molecule has 1 heterocycles. The highest BCUT2D eigenvalue weighted by Gasteiger charge is 2.07. The van der Waals surface area contributed by atoms with Crippen LogP contribution in [0.1, 0.15) is 11.1 Å². The number of anilines is 1. The minimum Gasteiger partial charge on any atom is -0.496 e. The maximum Gasteiger partial charge on any atom is 0.328 e. The van der Waals surface area contributed by atoms with E-state index in [0.717, 1.165) is 5.56 Å². The fourth-order valence-electron chi connectivity index (χ4n) is 1.81. The van der Waals surface area contributed by atoms with Crippen LogP contribution in [0.3, 0.4) is 0 Å². The van der Waals surface area contributed by atoms with Gasteiger partial charge in [-0.15, -0.1) is 0 Å². The van der Waals surface area contributed by atoms with Crippen LogP contribution in [0, 0.1) is 6.92 Å². The Hall–Kier alpha value is -2.50. The average molecular weight is 261 g/mol. The van der Waals surface area contributed by atoms with E-state index < -0.39 is 5.69 Å². The van der Waals surface area contributed by atoms with Gasteiger partial charge in [0.25, 0.3) is 5.56 Å². The van der Waals surface area contributed by atoms with Gasteiger partial charge in [-0.25, -0.2) is 4.79 Å². The average Bonchev–Trinajstić information content (AvgIpc) is 2.37. The van der Waals surface area contributed by atoms with Gasteiger partial charge in [-0.3, -0.25) is 14.3 Å². The van der Waals surface area contributed by atoms with E-state index in [9.17, 15) is 9.59 Å². The van der Waals surface area contributed by atoms with Crippen LogP contribution >= 0.6 is 0 Å². The molecular formula is C13H15N3O3. The summed E-state index contributed by atoms with van der Waals surface area (Å²) in [5.74, 6) is 0.607. The first-order valence-corrected chi connectivity index (χ1v) is 5.74. The van der Waals surface area contributed by atoms with Gasteiger partial charge in [0.05, 0.1) is 13.7 Å². The number of nitrogens with two attached hydrogens (primary N) is 1. The minimum absolute atomic E-state index is 0.305. The van der Waals surface area contributed by atoms with E-state index in [1.165, 1.54) is 10.8 Å². The lowest BCUT2D eigenvalue weighted by Gasteiger charge is -2.11. The Labute approximate surface area is 109 Å². The van der Waals surface area contributed by atoms with Crippen LogP contribution < -0.4 is 21.7 Å². The Kier molecular flexibility index (Phi) is 3.41. The van der Waals surface area contributed by atoms with Crippen LogP contribution in [0.25, 0.3) is 0 Å². The molecule has 0 amide bonds. The standard InChI is InChI=1S/C13H15N3O3/c1-8-6-16(13(18)15-12(8)17)7-9-3-4-10(14)5-11(9)19-2/h3-6H,7,14H2,1-2H3,(H,15,17,18). The quantitative estimate of drug-likeness (QED) is 0.786. The maximum absolute atomic E-state index is 11.7. The second-order valence-corrected chi connectivity index (χ2v) is 4.27. The Morgan fingerprint density at radius 2 is 2.11 bits per heavy atom. The van der Waals surface area contributed by atoms with Gasteiger partial charge in [0, 0.05) is 29.1 Å². The molecule has 0 atom stereocenters. The highest BCUT2D eigenvalue weighted by Crippen LogP contribution is 2.21. The molecule has 6 nitrogen and oxygen atoms in total. The molecule has 0 aliphatic heterocycles. The van der Waals surface area contributed by atoms with Crippen molar-refractivity contribution in [1.29, 1.82) is 0 Å². The molecule has 0 aliphatic carbocycles. The number of hydrogen-bond donors (Lipinski definition) is 2. The summed E-state index contributed by atoms with van der Waals surface area (Å²) in [6, 6.07) is 5.22. The number of H-pyrrole nitrogens is 1. The van der Waals surface area contributed by atoms with Gasteiger partial charge < -0.3 is 10.5 Å². The van der Waals surface area contributed by atoms with Crippen LogP contribution in [0.5, 0.6) is 5.75 Å². The van der Waals surface area contributed by atoms with Gasteiger partial charge in [-0.2, -0.15) is 0 Å². The van der Waals surface area contributed by atoms with E-state index in [1.807, 2.05) is 0 Å². The number of aromatic nitrogens is 2. The Bertz CT molecular complexity index is 716. The summed E-state index contributed by atoms with van der Waals surface area (Å²) < 4.78 is 6.65. The highest BCUT2D eigenvalue weighted by molar-refractivity contribution is 5.48. The number of nitrogen functional groups attached to an aromatic ring is 1. The van der Waals surface area contributed by atoms with Crippen molar-refractivity contribution in [3.05, 3.63) is 56.4 Å². The zero-order valence-corrected chi connectivity index (χ0v) is 10.8. The Balaban J connectivity index is 2.44. The molecule has 19 heavy (non-hydrogen) atoms. The van der Waals surface area contributed by atoms with Gasteiger partial charge in [0.1, 0.15) is 5.75 Å². The lowest BCUT2D eigenvalue weighted by atomic mass is 10.2. The van der Waals surface area contributed by atoms with Gasteiger partial charge in [0.2, 0.25) is 0 Å². The molecule has 0 radical (unpaired) electrons. The van der Waals surface area contributed by atoms with Crippen molar-refractivity contribution < 1.29 is 4.74 Å². The van der Waals surface area contributed by atoms with Crippen molar-refractivity contribution in [2.75, 3.05) is 12.8 Å². The molecular weight excluding hydrogens is 246 g/mol. The largest absolute Gasteiger partial charge is 0.496 e. The second-order valence-electron chi connectivity index (χ2n) is 4.27. The van der Waals surface area contributed by atoms with Gasteiger partial charge in [-0.05, 0) is 13.0 Å². The fourth-order valence-corrected chi connectivity index (χ4v) is 1.81. The van der Waals surface area contributed by atoms with Crippen molar-refractivity contribution in [1.82, 2.24) is 9.55 Å². The summed E-state index contributed by atoms with van der Waals surface area (Å²) in [6.07, 6.45) is 1.52. The Morgan fingerprint density at radius 1 is 1.37 bits per heavy atom. The first kappa shape index (κ1) is 12.9. The number of ether oxygens (including phenoxy) is 1. The van der Waals surface area contributed by atoms with E-state index in [0.29, 0.717) is 23.5 Å². The number of aryl methyl sites for hydroxylation is 1. The third kappa shape index (κ3) is 2.67. The third-order valence-corrected chi connectivity index (χ3v) is 2.84. The summed E-state index contributed by atoms with van der Waals surface area (Å²) in [4.78, 5) is 25.3. The monoisotopic (exact) mass is 261 g/mol. The molecule has 2 aromatic rings. The predicted molar refractivity (Wildman–Crippen MR) is 72.6 cm³/mol. The Morgan fingerprint density at radius 3 is 2.79 bits per heavy atom. The normalized spacial score (nSPS) is 10.4. The van der Waals surface area contributed by atoms with Crippen LogP contribution in [0.4, 0.5) is 5.69 Å². The minimum atomic E-state index is -0.450. The SMILES string of the molecule is COc1cc(N)ccc1Cn1cc(C)c(=O)[nH]c1=O. The number of methoxy groups -OCH3 is 1. The maximum atomic E-state index is 11.7. The topological polar surface area (TPSA) is 90.1 Å². The summed E-state index contributed by atoms with van der Waals surface area (Å²) in [7, 11) is 1.54. The van der Waals surface area contributed by atoms with Crippen LogP contribution in [-0.4, -0.2) is 16.7 Å². The molecule has 1 aromatic heterocycles. The number of nitrogens with zero attached hydrogens (tertiary/aromatic N) is 1. The van der Waals surface area contributed by atoms with Gasteiger partial charge in [-0.1, -0.05) is 6.07 Å². The molecule has 1 aromatic carbocycles. The number of aromatic amines is 1. The van der Waals surface area contributed by atoms with Crippen molar-refractivity contribution >= 4 is 5.69 Å².